The Kier molecular flexibility index (Phi) is 3.96. The van der Waals surface area contributed by atoms with E-state index in [4.69, 9.17) is 9.26 Å². The third kappa shape index (κ3) is 3.17. The molecule has 2 heterocycles. The van der Waals surface area contributed by atoms with Crippen LogP contribution >= 0.6 is 0 Å². The van der Waals surface area contributed by atoms with Crippen molar-refractivity contribution >= 4 is 22.6 Å². The molecule has 0 saturated heterocycles. The van der Waals surface area contributed by atoms with Gasteiger partial charge in [0.1, 0.15) is 11.6 Å². The highest BCUT2D eigenvalue weighted by molar-refractivity contribution is 6.04. The molecule has 8 nitrogen and oxygen atoms in total. The zero-order valence-electron chi connectivity index (χ0n) is 14.0. The standard InChI is InChI=1S/C18H13FN4O4/c1-26-10-3-4-11(12(19)7-10)16-8-15(23-27-16)17(24)20-9-2-5-13-14(6-9)22-18(25)21-13/h2-8H,1H3,(H,20,24)(H2,21,22,25). The molecule has 0 aliphatic heterocycles. The SMILES string of the molecule is COc1ccc(-c2cc(C(=O)Nc3ccc4[nH]c(=O)[nH]c4c3)no2)c(F)c1. The number of nitrogens with one attached hydrogen (secondary N) is 3. The Balaban J connectivity index is 1.56. The fourth-order valence-corrected chi connectivity index (χ4v) is 2.64. The maximum atomic E-state index is 14.1. The molecule has 4 aromatic rings. The molecule has 4 rings (SSSR count). The number of halogens is 1. The van der Waals surface area contributed by atoms with E-state index in [9.17, 15) is 14.0 Å². The van der Waals surface area contributed by atoms with Gasteiger partial charge in [-0.1, -0.05) is 5.16 Å². The summed E-state index contributed by atoms with van der Waals surface area (Å²) in [6, 6.07) is 10.5. The number of anilines is 1. The number of ether oxygens (including phenoxy) is 1. The lowest BCUT2D eigenvalue weighted by Crippen LogP contribution is -2.12. The summed E-state index contributed by atoms with van der Waals surface area (Å²) in [6.07, 6.45) is 0. The summed E-state index contributed by atoms with van der Waals surface area (Å²) < 4.78 is 24.2. The Labute approximate surface area is 151 Å². The van der Waals surface area contributed by atoms with E-state index in [1.54, 1.807) is 24.3 Å². The van der Waals surface area contributed by atoms with Gasteiger partial charge in [0.15, 0.2) is 11.5 Å². The number of rotatable bonds is 4. The first-order valence-electron chi connectivity index (χ1n) is 7.87. The van der Waals surface area contributed by atoms with Crippen molar-refractivity contribution in [3.8, 4) is 17.1 Å². The van der Waals surface area contributed by atoms with Gasteiger partial charge in [0.25, 0.3) is 5.91 Å². The summed E-state index contributed by atoms with van der Waals surface area (Å²) in [5.74, 6) is -0.604. The van der Waals surface area contributed by atoms with Gasteiger partial charge < -0.3 is 24.5 Å². The molecule has 0 fully saturated rings. The number of imidazole rings is 1. The Bertz CT molecular complexity index is 1210. The van der Waals surface area contributed by atoms with Crippen molar-refractivity contribution in [2.24, 2.45) is 0 Å². The minimum Gasteiger partial charge on any atom is -0.497 e. The molecule has 2 aromatic carbocycles. The molecule has 0 radical (unpaired) electrons. The van der Waals surface area contributed by atoms with Gasteiger partial charge in [-0.15, -0.1) is 0 Å². The lowest BCUT2D eigenvalue weighted by molar-refractivity contribution is 0.101. The van der Waals surface area contributed by atoms with Crippen molar-refractivity contribution in [1.29, 1.82) is 0 Å². The van der Waals surface area contributed by atoms with Crippen molar-refractivity contribution in [2.45, 2.75) is 0 Å². The highest BCUT2D eigenvalue weighted by Crippen LogP contribution is 2.27. The largest absolute Gasteiger partial charge is 0.497 e. The molecular formula is C18H13FN4O4. The molecule has 0 aliphatic carbocycles. The molecule has 0 aliphatic rings. The Morgan fingerprint density at radius 1 is 1.15 bits per heavy atom. The number of amides is 1. The monoisotopic (exact) mass is 368 g/mol. The average molecular weight is 368 g/mol. The van der Waals surface area contributed by atoms with E-state index < -0.39 is 11.7 Å². The Hall–Kier alpha value is -3.88. The third-order valence-corrected chi connectivity index (χ3v) is 3.96. The predicted octanol–water partition coefficient (Wildman–Crippen LogP) is 2.91. The quantitative estimate of drug-likeness (QED) is 0.513. The van der Waals surface area contributed by atoms with Gasteiger partial charge in [-0.05, 0) is 30.3 Å². The zero-order valence-corrected chi connectivity index (χ0v) is 14.0. The number of benzene rings is 2. The molecule has 27 heavy (non-hydrogen) atoms. The van der Waals surface area contributed by atoms with Gasteiger partial charge in [-0.25, -0.2) is 9.18 Å². The van der Waals surface area contributed by atoms with Crippen molar-refractivity contribution in [3.05, 3.63) is 64.5 Å². The summed E-state index contributed by atoms with van der Waals surface area (Å²) in [6.45, 7) is 0. The first-order valence-corrected chi connectivity index (χ1v) is 7.87. The number of methoxy groups -OCH3 is 1. The molecular weight excluding hydrogens is 355 g/mol. The van der Waals surface area contributed by atoms with E-state index in [-0.39, 0.29) is 22.7 Å². The highest BCUT2D eigenvalue weighted by Gasteiger charge is 2.17. The Morgan fingerprint density at radius 2 is 1.96 bits per heavy atom. The lowest BCUT2D eigenvalue weighted by atomic mass is 10.1. The number of hydrogen-bond acceptors (Lipinski definition) is 5. The van der Waals surface area contributed by atoms with E-state index in [0.29, 0.717) is 22.5 Å². The second-order valence-corrected chi connectivity index (χ2v) is 5.72. The van der Waals surface area contributed by atoms with Gasteiger partial charge >= 0.3 is 5.69 Å². The number of carbonyl (C=O) groups excluding carboxylic acids is 1. The van der Waals surface area contributed by atoms with Crippen LogP contribution in [0, 0.1) is 5.82 Å². The summed E-state index contributed by atoms with van der Waals surface area (Å²) >= 11 is 0. The van der Waals surface area contributed by atoms with Crippen LogP contribution in [0.5, 0.6) is 5.75 Å². The van der Waals surface area contributed by atoms with Gasteiger partial charge in [-0.3, -0.25) is 4.79 Å². The molecule has 136 valence electrons. The van der Waals surface area contributed by atoms with Gasteiger partial charge in [0.2, 0.25) is 0 Å². The first kappa shape index (κ1) is 16.6. The fourth-order valence-electron chi connectivity index (χ4n) is 2.64. The molecule has 9 heteroatoms. The van der Waals surface area contributed by atoms with Crippen LogP contribution in [0.3, 0.4) is 0 Å². The minimum atomic E-state index is -0.556. The number of fused-ring (bicyclic) bond motifs is 1. The van der Waals surface area contributed by atoms with Crippen molar-refractivity contribution in [1.82, 2.24) is 15.1 Å². The number of aromatic nitrogens is 3. The van der Waals surface area contributed by atoms with Crippen LogP contribution in [0.25, 0.3) is 22.4 Å². The van der Waals surface area contributed by atoms with Crippen molar-refractivity contribution < 1.29 is 18.4 Å². The van der Waals surface area contributed by atoms with E-state index in [0.717, 1.165) is 0 Å². The second-order valence-electron chi connectivity index (χ2n) is 5.72. The molecule has 1 amide bonds. The number of H-pyrrole nitrogens is 2. The molecule has 0 unspecified atom stereocenters. The number of nitrogens with zero attached hydrogens (tertiary/aromatic N) is 1. The first-order chi connectivity index (χ1) is 13.0. The topological polar surface area (TPSA) is 113 Å². The minimum absolute atomic E-state index is 0.0112. The van der Waals surface area contributed by atoms with Gasteiger partial charge in [-0.2, -0.15) is 0 Å². The maximum Gasteiger partial charge on any atom is 0.323 e. The highest BCUT2D eigenvalue weighted by atomic mass is 19.1. The molecule has 0 saturated carbocycles. The molecule has 3 N–H and O–H groups in total. The predicted molar refractivity (Wildman–Crippen MR) is 95.3 cm³/mol. The number of carbonyl (C=O) groups is 1. The van der Waals surface area contributed by atoms with E-state index in [2.05, 4.69) is 20.4 Å². The van der Waals surface area contributed by atoms with E-state index in [1.807, 2.05) is 0 Å². The van der Waals surface area contributed by atoms with Crippen molar-refractivity contribution in [3.63, 3.8) is 0 Å². The van der Waals surface area contributed by atoms with Crippen LogP contribution in [0.2, 0.25) is 0 Å². The van der Waals surface area contributed by atoms with Crippen molar-refractivity contribution in [2.75, 3.05) is 12.4 Å². The van der Waals surface area contributed by atoms with Crippen LogP contribution < -0.4 is 15.7 Å². The second kappa shape index (κ2) is 6.45. The smallest absolute Gasteiger partial charge is 0.323 e. The normalized spacial score (nSPS) is 10.9. The molecule has 2 aromatic heterocycles. The van der Waals surface area contributed by atoms with Crippen LogP contribution in [0.15, 0.2) is 51.8 Å². The summed E-state index contributed by atoms with van der Waals surface area (Å²) in [7, 11) is 1.44. The average Bonchev–Trinajstić information content (AvgIpc) is 3.27. The van der Waals surface area contributed by atoms with Gasteiger partial charge in [0.05, 0.1) is 23.7 Å². The summed E-state index contributed by atoms with van der Waals surface area (Å²) in [5.41, 5.74) is 1.45. The fraction of sp³-hybridized carbons (Fsp3) is 0.0556. The zero-order chi connectivity index (χ0) is 19.0. The van der Waals surface area contributed by atoms with E-state index >= 15 is 0 Å². The molecule has 0 bridgehead atoms. The van der Waals surface area contributed by atoms with Crippen LogP contribution in [0.1, 0.15) is 10.5 Å². The summed E-state index contributed by atoms with van der Waals surface area (Å²) in [5, 5.41) is 6.34. The maximum absolute atomic E-state index is 14.1. The number of aromatic amines is 2. The summed E-state index contributed by atoms with van der Waals surface area (Å²) in [4.78, 5) is 28.9. The van der Waals surface area contributed by atoms with E-state index in [1.165, 1.54) is 25.3 Å². The van der Waals surface area contributed by atoms with Crippen LogP contribution in [-0.2, 0) is 0 Å². The molecule has 0 atom stereocenters. The van der Waals surface area contributed by atoms with Crippen LogP contribution in [-0.4, -0.2) is 28.1 Å². The molecule has 0 spiro atoms. The third-order valence-electron chi connectivity index (χ3n) is 3.96. The van der Waals surface area contributed by atoms with Gasteiger partial charge in [0, 0.05) is 17.8 Å². The number of hydrogen-bond donors (Lipinski definition) is 3. The lowest BCUT2D eigenvalue weighted by Gasteiger charge is -2.02. The Morgan fingerprint density at radius 3 is 2.74 bits per heavy atom. The van der Waals surface area contributed by atoms with Crippen LogP contribution in [0.4, 0.5) is 10.1 Å².